The number of aromatic nitrogens is 1. The van der Waals surface area contributed by atoms with E-state index in [0.717, 1.165) is 24.5 Å². The number of pyridine rings is 1. The Balaban J connectivity index is 1.88. The topological polar surface area (TPSA) is 24.9 Å². The number of fused-ring (bicyclic) bond motifs is 1. The molecular formula is C19H26N2. The molecule has 1 fully saturated rings. The van der Waals surface area contributed by atoms with Crippen molar-refractivity contribution in [3.05, 3.63) is 42.1 Å². The smallest absolute Gasteiger partial charge is 0.0702 e. The summed E-state index contributed by atoms with van der Waals surface area (Å²) in [7, 11) is 0. The van der Waals surface area contributed by atoms with E-state index < -0.39 is 0 Å². The molecule has 0 spiro atoms. The monoisotopic (exact) mass is 282 g/mol. The first-order chi connectivity index (χ1) is 10.4. The van der Waals surface area contributed by atoms with Gasteiger partial charge in [-0.05, 0) is 55.5 Å². The van der Waals surface area contributed by atoms with E-state index in [4.69, 9.17) is 0 Å². The Labute approximate surface area is 128 Å². The quantitative estimate of drug-likeness (QED) is 0.835. The number of rotatable bonds is 4. The molecule has 112 valence electrons. The van der Waals surface area contributed by atoms with Crippen molar-refractivity contribution in [3.8, 4) is 0 Å². The van der Waals surface area contributed by atoms with Gasteiger partial charge in [0.15, 0.2) is 0 Å². The molecule has 3 rings (SSSR count). The largest absolute Gasteiger partial charge is 0.317 e. The van der Waals surface area contributed by atoms with Crippen LogP contribution in [0.2, 0.25) is 0 Å². The highest BCUT2D eigenvalue weighted by Crippen LogP contribution is 2.36. The first-order valence-corrected chi connectivity index (χ1v) is 8.44. The highest BCUT2D eigenvalue weighted by atomic mass is 14.8. The molecule has 21 heavy (non-hydrogen) atoms. The molecule has 2 unspecified atom stereocenters. The maximum atomic E-state index is 4.68. The first-order valence-electron chi connectivity index (χ1n) is 8.44. The third-order valence-corrected chi connectivity index (χ3v) is 4.86. The van der Waals surface area contributed by atoms with Crippen molar-refractivity contribution in [2.75, 3.05) is 13.1 Å². The van der Waals surface area contributed by atoms with E-state index >= 15 is 0 Å². The van der Waals surface area contributed by atoms with Crippen molar-refractivity contribution in [2.45, 2.75) is 44.9 Å². The SMILES string of the molecule is CCNCC1CCCCCC1c1cnc2ccccc2c1. The van der Waals surface area contributed by atoms with E-state index in [1.54, 1.807) is 0 Å². The number of nitrogens with one attached hydrogen (secondary N) is 1. The van der Waals surface area contributed by atoms with Crippen molar-refractivity contribution in [2.24, 2.45) is 5.92 Å². The number of para-hydroxylation sites is 1. The first kappa shape index (κ1) is 14.5. The van der Waals surface area contributed by atoms with Gasteiger partial charge < -0.3 is 5.32 Å². The summed E-state index contributed by atoms with van der Waals surface area (Å²) in [6, 6.07) is 10.8. The minimum Gasteiger partial charge on any atom is -0.317 e. The zero-order chi connectivity index (χ0) is 14.5. The van der Waals surface area contributed by atoms with Crippen LogP contribution in [-0.2, 0) is 0 Å². The minimum absolute atomic E-state index is 0.670. The van der Waals surface area contributed by atoms with E-state index in [2.05, 4.69) is 53.8 Å². The zero-order valence-corrected chi connectivity index (χ0v) is 13.0. The second kappa shape index (κ2) is 7.04. The molecule has 1 N–H and O–H groups in total. The fourth-order valence-electron chi connectivity index (χ4n) is 3.69. The van der Waals surface area contributed by atoms with Crippen LogP contribution >= 0.6 is 0 Å². The molecule has 1 saturated carbocycles. The third kappa shape index (κ3) is 3.44. The van der Waals surface area contributed by atoms with Crippen LogP contribution in [0.4, 0.5) is 0 Å². The summed E-state index contributed by atoms with van der Waals surface area (Å²) in [6.07, 6.45) is 8.92. The normalized spacial score (nSPS) is 23.1. The van der Waals surface area contributed by atoms with Crippen LogP contribution < -0.4 is 5.32 Å². The average molecular weight is 282 g/mol. The molecule has 1 heterocycles. The molecule has 1 aliphatic rings. The Morgan fingerprint density at radius 2 is 2.00 bits per heavy atom. The van der Waals surface area contributed by atoms with Gasteiger partial charge in [-0.1, -0.05) is 44.4 Å². The zero-order valence-electron chi connectivity index (χ0n) is 13.0. The molecule has 0 amide bonds. The molecule has 1 aliphatic carbocycles. The lowest BCUT2D eigenvalue weighted by Gasteiger charge is -2.26. The minimum atomic E-state index is 0.670. The fraction of sp³-hybridized carbons (Fsp3) is 0.526. The van der Waals surface area contributed by atoms with Gasteiger partial charge in [-0.25, -0.2) is 0 Å². The second-order valence-corrected chi connectivity index (χ2v) is 6.27. The van der Waals surface area contributed by atoms with Crippen LogP contribution in [0.3, 0.4) is 0 Å². The van der Waals surface area contributed by atoms with E-state index in [-0.39, 0.29) is 0 Å². The molecule has 2 nitrogen and oxygen atoms in total. The summed E-state index contributed by atoms with van der Waals surface area (Å²) in [5.41, 5.74) is 2.55. The van der Waals surface area contributed by atoms with Crippen molar-refractivity contribution in [1.29, 1.82) is 0 Å². The lowest BCUT2D eigenvalue weighted by atomic mass is 9.82. The summed E-state index contributed by atoms with van der Waals surface area (Å²) in [4.78, 5) is 4.68. The van der Waals surface area contributed by atoms with Crippen LogP contribution in [0.15, 0.2) is 36.5 Å². The van der Waals surface area contributed by atoms with E-state index in [1.165, 1.54) is 43.1 Å². The number of hydrogen-bond acceptors (Lipinski definition) is 2. The summed E-state index contributed by atoms with van der Waals surface area (Å²) in [5, 5.41) is 4.84. The predicted octanol–water partition coefficient (Wildman–Crippen LogP) is 4.51. The van der Waals surface area contributed by atoms with Crippen LogP contribution in [0.1, 0.15) is 50.5 Å². The summed E-state index contributed by atoms with van der Waals surface area (Å²) >= 11 is 0. The van der Waals surface area contributed by atoms with Crippen LogP contribution in [-0.4, -0.2) is 18.1 Å². The molecular weight excluding hydrogens is 256 g/mol. The average Bonchev–Trinajstić information content (AvgIpc) is 2.78. The van der Waals surface area contributed by atoms with E-state index in [0.29, 0.717) is 5.92 Å². The van der Waals surface area contributed by atoms with Crippen LogP contribution in [0.25, 0.3) is 10.9 Å². The Morgan fingerprint density at radius 3 is 2.90 bits per heavy atom. The maximum Gasteiger partial charge on any atom is 0.0702 e. The lowest BCUT2D eigenvalue weighted by molar-refractivity contribution is 0.378. The van der Waals surface area contributed by atoms with Crippen molar-refractivity contribution < 1.29 is 0 Å². The van der Waals surface area contributed by atoms with Crippen LogP contribution in [0.5, 0.6) is 0 Å². The molecule has 1 aromatic heterocycles. The highest BCUT2D eigenvalue weighted by Gasteiger charge is 2.25. The summed E-state index contributed by atoms with van der Waals surface area (Å²) in [6.45, 7) is 4.41. The van der Waals surface area contributed by atoms with Gasteiger partial charge in [0.1, 0.15) is 0 Å². The second-order valence-electron chi connectivity index (χ2n) is 6.27. The van der Waals surface area contributed by atoms with Crippen LogP contribution in [0, 0.1) is 5.92 Å². The van der Waals surface area contributed by atoms with Gasteiger partial charge in [-0.15, -0.1) is 0 Å². The predicted molar refractivity (Wildman–Crippen MR) is 89.6 cm³/mol. The van der Waals surface area contributed by atoms with Gasteiger partial charge in [-0.2, -0.15) is 0 Å². The molecule has 2 heteroatoms. The lowest BCUT2D eigenvalue weighted by Crippen LogP contribution is -2.26. The van der Waals surface area contributed by atoms with Gasteiger partial charge in [0.2, 0.25) is 0 Å². The fourth-order valence-corrected chi connectivity index (χ4v) is 3.69. The van der Waals surface area contributed by atoms with Gasteiger partial charge >= 0.3 is 0 Å². The summed E-state index contributed by atoms with van der Waals surface area (Å²) < 4.78 is 0. The molecule has 0 aliphatic heterocycles. The molecule has 0 saturated heterocycles. The van der Waals surface area contributed by atoms with E-state index in [9.17, 15) is 0 Å². The van der Waals surface area contributed by atoms with E-state index in [1.807, 2.05) is 0 Å². The summed E-state index contributed by atoms with van der Waals surface area (Å²) in [5.74, 6) is 1.43. The Kier molecular flexibility index (Phi) is 4.87. The number of benzene rings is 1. The molecule has 1 aromatic carbocycles. The number of hydrogen-bond donors (Lipinski definition) is 1. The maximum absolute atomic E-state index is 4.68. The standard InChI is InChI=1S/C19H26N2/c1-2-20-13-16-9-4-3-5-10-18(16)17-12-15-8-6-7-11-19(15)21-14-17/h6-8,11-12,14,16,18,20H,2-5,9-10,13H2,1H3. The molecule has 2 atom stereocenters. The van der Waals surface area contributed by atoms with Gasteiger partial charge in [0.05, 0.1) is 5.52 Å². The molecule has 0 bridgehead atoms. The van der Waals surface area contributed by atoms with Gasteiger partial charge in [0, 0.05) is 11.6 Å². The Bertz CT molecular complexity index is 579. The third-order valence-electron chi connectivity index (χ3n) is 4.86. The van der Waals surface area contributed by atoms with Crippen molar-refractivity contribution in [3.63, 3.8) is 0 Å². The highest BCUT2D eigenvalue weighted by molar-refractivity contribution is 5.78. The number of nitrogens with zero attached hydrogens (tertiary/aromatic N) is 1. The molecule has 0 radical (unpaired) electrons. The van der Waals surface area contributed by atoms with Crippen molar-refractivity contribution >= 4 is 10.9 Å². The van der Waals surface area contributed by atoms with Gasteiger partial charge in [0.25, 0.3) is 0 Å². The Hall–Kier alpha value is -1.41. The van der Waals surface area contributed by atoms with Crippen molar-refractivity contribution in [1.82, 2.24) is 10.3 Å². The van der Waals surface area contributed by atoms with Gasteiger partial charge in [-0.3, -0.25) is 4.98 Å². The molecule has 2 aromatic rings. The Morgan fingerprint density at radius 1 is 1.14 bits per heavy atom.